The Kier molecular flexibility index (Phi) is 4.35. The molecule has 2 aromatic rings. The van der Waals surface area contributed by atoms with E-state index in [0.717, 1.165) is 17.2 Å². The van der Waals surface area contributed by atoms with Gasteiger partial charge in [-0.1, -0.05) is 43.3 Å². The molecular weight excluding hydrogens is 254 g/mol. The lowest BCUT2D eigenvalue weighted by molar-refractivity contribution is -0.137. The van der Waals surface area contributed by atoms with E-state index in [1.807, 2.05) is 43.3 Å². The normalized spacial score (nSPS) is 10.4. The van der Waals surface area contributed by atoms with Crippen molar-refractivity contribution in [1.29, 1.82) is 0 Å². The summed E-state index contributed by atoms with van der Waals surface area (Å²) in [5.74, 6) is -1.22. The minimum atomic E-state index is -0.993. The third-order valence-corrected chi connectivity index (χ3v) is 3.13. The molecule has 0 radical (unpaired) electrons. The fraction of sp³-hybridized carbons (Fsp3) is 0.250. The summed E-state index contributed by atoms with van der Waals surface area (Å²) < 4.78 is 0. The van der Waals surface area contributed by atoms with Gasteiger partial charge in [-0.15, -0.1) is 0 Å². The first kappa shape index (κ1) is 14.1. The summed E-state index contributed by atoms with van der Waals surface area (Å²) in [4.78, 5) is 24.8. The number of aliphatic carboxylic acids is 1. The first-order valence-electron chi connectivity index (χ1n) is 6.62. The van der Waals surface area contributed by atoms with Gasteiger partial charge in [-0.05, 0) is 23.3 Å². The van der Waals surface area contributed by atoms with Gasteiger partial charge < -0.3 is 10.0 Å². The van der Waals surface area contributed by atoms with E-state index in [9.17, 15) is 9.59 Å². The van der Waals surface area contributed by atoms with Crippen molar-refractivity contribution in [2.45, 2.75) is 13.3 Å². The molecule has 0 saturated carbocycles. The van der Waals surface area contributed by atoms with Gasteiger partial charge in [-0.25, -0.2) is 0 Å². The van der Waals surface area contributed by atoms with E-state index >= 15 is 0 Å². The minimum Gasteiger partial charge on any atom is -0.480 e. The van der Waals surface area contributed by atoms with E-state index in [1.54, 1.807) is 6.07 Å². The lowest BCUT2D eigenvalue weighted by Gasteiger charge is -2.20. The molecule has 0 unspecified atom stereocenters. The molecule has 0 atom stereocenters. The fourth-order valence-electron chi connectivity index (χ4n) is 2.27. The maximum absolute atomic E-state index is 12.5. The molecule has 0 fully saturated rings. The summed E-state index contributed by atoms with van der Waals surface area (Å²) in [5.41, 5.74) is 0.554. The molecule has 0 aliphatic heterocycles. The number of carboxylic acids is 1. The van der Waals surface area contributed by atoms with E-state index < -0.39 is 5.97 Å². The highest BCUT2D eigenvalue weighted by molar-refractivity contribution is 6.07. The van der Waals surface area contributed by atoms with Crippen molar-refractivity contribution in [3.63, 3.8) is 0 Å². The van der Waals surface area contributed by atoms with Crippen molar-refractivity contribution >= 4 is 22.6 Å². The van der Waals surface area contributed by atoms with E-state index in [4.69, 9.17) is 5.11 Å². The quantitative estimate of drug-likeness (QED) is 0.909. The molecule has 104 valence electrons. The molecule has 2 aromatic carbocycles. The van der Waals surface area contributed by atoms with Crippen LogP contribution in [-0.2, 0) is 4.79 Å². The summed E-state index contributed by atoms with van der Waals surface area (Å²) in [6, 6.07) is 13.1. The van der Waals surface area contributed by atoms with Gasteiger partial charge >= 0.3 is 5.97 Å². The van der Waals surface area contributed by atoms with Crippen LogP contribution in [0.15, 0.2) is 42.5 Å². The first-order chi connectivity index (χ1) is 9.63. The zero-order chi connectivity index (χ0) is 14.5. The third kappa shape index (κ3) is 2.96. The second-order valence-corrected chi connectivity index (χ2v) is 4.65. The first-order valence-corrected chi connectivity index (χ1v) is 6.62. The Morgan fingerprint density at radius 1 is 1.10 bits per heavy atom. The topological polar surface area (TPSA) is 57.6 Å². The third-order valence-electron chi connectivity index (χ3n) is 3.13. The molecule has 0 heterocycles. The monoisotopic (exact) mass is 271 g/mol. The molecule has 0 spiro atoms. The Morgan fingerprint density at radius 2 is 1.80 bits per heavy atom. The summed E-state index contributed by atoms with van der Waals surface area (Å²) in [7, 11) is 0. The Morgan fingerprint density at radius 3 is 2.50 bits per heavy atom. The highest BCUT2D eigenvalue weighted by atomic mass is 16.4. The largest absolute Gasteiger partial charge is 0.480 e. The summed E-state index contributed by atoms with van der Waals surface area (Å²) in [6.45, 7) is 2.09. The standard InChI is InChI=1S/C16H17NO3/c1-2-10-17(11-15(18)19)16(20)14-9-5-7-12-6-3-4-8-13(12)14/h3-9H,2,10-11H2,1H3,(H,18,19). The molecular formula is C16H17NO3. The van der Waals surface area contributed by atoms with Crippen LogP contribution in [0, 0.1) is 0 Å². The molecule has 0 bridgehead atoms. The number of hydrogen-bond donors (Lipinski definition) is 1. The predicted molar refractivity (Wildman–Crippen MR) is 77.8 cm³/mol. The van der Waals surface area contributed by atoms with Crippen molar-refractivity contribution in [2.75, 3.05) is 13.1 Å². The zero-order valence-electron chi connectivity index (χ0n) is 11.4. The summed E-state index contributed by atoms with van der Waals surface area (Å²) in [5, 5.41) is 10.8. The van der Waals surface area contributed by atoms with Crippen LogP contribution in [0.4, 0.5) is 0 Å². The minimum absolute atomic E-state index is 0.231. The second-order valence-electron chi connectivity index (χ2n) is 4.65. The van der Waals surface area contributed by atoms with Crippen LogP contribution in [0.2, 0.25) is 0 Å². The molecule has 0 saturated heterocycles. The van der Waals surface area contributed by atoms with Crippen LogP contribution in [0.3, 0.4) is 0 Å². The number of benzene rings is 2. The Balaban J connectivity index is 2.40. The number of nitrogens with zero attached hydrogens (tertiary/aromatic N) is 1. The molecule has 1 N–H and O–H groups in total. The van der Waals surface area contributed by atoms with E-state index in [0.29, 0.717) is 12.1 Å². The Bertz CT molecular complexity index is 631. The molecule has 20 heavy (non-hydrogen) atoms. The van der Waals surface area contributed by atoms with E-state index in [-0.39, 0.29) is 12.5 Å². The van der Waals surface area contributed by atoms with Gasteiger partial charge in [0.2, 0.25) is 0 Å². The summed E-state index contributed by atoms with van der Waals surface area (Å²) in [6.07, 6.45) is 0.726. The molecule has 0 aliphatic carbocycles. The lowest BCUT2D eigenvalue weighted by atomic mass is 10.0. The average Bonchev–Trinajstić information content (AvgIpc) is 2.45. The number of hydrogen-bond acceptors (Lipinski definition) is 2. The van der Waals surface area contributed by atoms with Crippen LogP contribution in [0.25, 0.3) is 10.8 Å². The van der Waals surface area contributed by atoms with Crippen LogP contribution < -0.4 is 0 Å². The number of carbonyl (C=O) groups is 2. The van der Waals surface area contributed by atoms with Crippen LogP contribution in [0.5, 0.6) is 0 Å². The molecule has 4 heteroatoms. The molecule has 2 rings (SSSR count). The highest BCUT2D eigenvalue weighted by Gasteiger charge is 2.19. The molecule has 0 aromatic heterocycles. The number of rotatable bonds is 5. The Labute approximate surface area is 117 Å². The molecule has 0 aliphatic rings. The van der Waals surface area contributed by atoms with Gasteiger partial charge in [0.1, 0.15) is 6.54 Å². The number of fused-ring (bicyclic) bond motifs is 1. The van der Waals surface area contributed by atoms with Crippen LogP contribution in [0.1, 0.15) is 23.7 Å². The van der Waals surface area contributed by atoms with Gasteiger partial charge in [0.25, 0.3) is 5.91 Å². The van der Waals surface area contributed by atoms with Gasteiger partial charge in [0.15, 0.2) is 0 Å². The van der Waals surface area contributed by atoms with Crippen molar-refractivity contribution < 1.29 is 14.7 Å². The number of carbonyl (C=O) groups excluding carboxylic acids is 1. The van der Waals surface area contributed by atoms with E-state index in [1.165, 1.54) is 4.90 Å². The fourth-order valence-corrected chi connectivity index (χ4v) is 2.27. The smallest absolute Gasteiger partial charge is 0.323 e. The lowest BCUT2D eigenvalue weighted by Crippen LogP contribution is -2.36. The van der Waals surface area contributed by atoms with Crippen molar-refractivity contribution in [3.05, 3.63) is 48.0 Å². The zero-order valence-corrected chi connectivity index (χ0v) is 11.4. The van der Waals surface area contributed by atoms with Gasteiger partial charge in [-0.2, -0.15) is 0 Å². The number of carboxylic acid groups (broad SMARTS) is 1. The van der Waals surface area contributed by atoms with Gasteiger partial charge in [-0.3, -0.25) is 9.59 Å². The van der Waals surface area contributed by atoms with Crippen LogP contribution >= 0.6 is 0 Å². The van der Waals surface area contributed by atoms with Gasteiger partial charge in [0, 0.05) is 12.1 Å². The molecule has 1 amide bonds. The maximum atomic E-state index is 12.5. The SMILES string of the molecule is CCCN(CC(=O)O)C(=O)c1cccc2ccccc12. The maximum Gasteiger partial charge on any atom is 0.323 e. The molecule has 4 nitrogen and oxygen atoms in total. The van der Waals surface area contributed by atoms with E-state index in [2.05, 4.69) is 0 Å². The predicted octanol–water partition coefficient (Wildman–Crippen LogP) is 2.78. The average molecular weight is 271 g/mol. The van der Waals surface area contributed by atoms with Crippen molar-refractivity contribution in [2.24, 2.45) is 0 Å². The van der Waals surface area contributed by atoms with Crippen molar-refractivity contribution in [1.82, 2.24) is 4.90 Å². The summed E-state index contributed by atoms with van der Waals surface area (Å²) >= 11 is 0. The van der Waals surface area contributed by atoms with Gasteiger partial charge in [0.05, 0.1) is 0 Å². The number of amides is 1. The van der Waals surface area contributed by atoms with Crippen LogP contribution in [-0.4, -0.2) is 35.0 Å². The van der Waals surface area contributed by atoms with Crippen molar-refractivity contribution in [3.8, 4) is 0 Å². The second kappa shape index (κ2) is 6.19. The Hall–Kier alpha value is -2.36. The highest BCUT2D eigenvalue weighted by Crippen LogP contribution is 2.20.